The zero-order chi connectivity index (χ0) is 22.3. The van der Waals surface area contributed by atoms with Crippen LogP contribution in [-0.4, -0.2) is 28.0 Å². The number of hydrogen-bond donors (Lipinski definition) is 1. The van der Waals surface area contributed by atoms with E-state index >= 15 is 0 Å². The largest absolute Gasteiger partial charge is 0.506 e. The van der Waals surface area contributed by atoms with E-state index in [-0.39, 0.29) is 60.4 Å². The minimum atomic E-state index is -1.41. The number of nitroso groups, excluding NO2 is 1. The zero-order valence-corrected chi connectivity index (χ0v) is 16.9. The van der Waals surface area contributed by atoms with Gasteiger partial charge in [-0.1, -0.05) is 16.8 Å². The van der Waals surface area contributed by atoms with Crippen LogP contribution in [0.3, 0.4) is 0 Å². The number of fused-ring (bicyclic) bond motifs is 1. The second kappa shape index (κ2) is 7.77. The number of carbonyl (C=O) groups is 3. The van der Waals surface area contributed by atoms with Gasteiger partial charge in [-0.2, -0.15) is 0 Å². The molecule has 4 rings (SSSR count). The van der Waals surface area contributed by atoms with Gasteiger partial charge in [-0.25, -0.2) is 9.59 Å². The van der Waals surface area contributed by atoms with Crippen LogP contribution < -0.4 is 5.63 Å². The first-order chi connectivity index (χ1) is 14.7. The summed E-state index contributed by atoms with van der Waals surface area (Å²) in [6.45, 7) is 0. The molecule has 11 heteroatoms. The Morgan fingerprint density at radius 2 is 1.81 bits per heavy atom. The van der Waals surface area contributed by atoms with Crippen LogP contribution in [0.25, 0.3) is 11.0 Å². The summed E-state index contributed by atoms with van der Waals surface area (Å²) >= 11 is 5.92. The van der Waals surface area contributed by atoms with Crippen molar-refractivity contribution >= 4 is 40.4 Å². The Kier molecular flexibility index (Phi) is 5.26. The molecular formula is C20H17ClN2O8. The van der Waals surface area contributed by atoms with Gasteiger partial charge in [0.1, 0.15) is 16.9 Å². The van der Waals surface area contributed by atoms with E-state index in [9.17, 15) is 29.2 Å². The molecule has 0 radical (unpaired) electrons. The summed E-state index contributed by atoms with van der Waals surface area (Å²) in [5, 5.41) is 13.9. The van der Waals surface area contributed by atoms with Crippen LogP contribution in [0.4, 0.5) is 0 Å². The molecule has 2 aromatic rings. The second-order valence-corrected chi connectivity index (χ2v) is 8.09. The summed E-state index contributed by atoms with van der Waals surface area (Å²) < 4.78 is 5.25. The van der Waals surface area contributed by atoms with E-state index in [1.165, 1.54) is 18.2 Å². The lowest BCUT2D eigenvalue weighted by molar-refractivity contribution is -0.201. The summed E-state index contributed by atoms with van der Waals surface area (Å²) in [4.78, 5) is 65.0. The minimum absolute atomic E-state index is 0.00547. The molecule has 1 aliphatic heterocycles. The molecule has 162 valence electrons. The summed E-state index contributed by atoms with van der Waals surface area (Å²) in [5.41, 5.74) is -2.04. The Bertz CT molecular complexity index is 1150. The van der Waals surface area contributed by atoms with Gasteiger partial charge in [-0.3, -0.25) is 9.59 Å². The summed E-state index contributed by atoms with van der Waals surface area (Å²) in [5.74, 6) is -2.79. The van der Waals surface area contributed by atoms with E-state index in [0.29, 0.717) is 10.4 Å². The van der Waals surface area contributed by atoms with Gasteiger partial charge in [0.2, 0.25) is 0 Å². The molecule has 1 aliphatic carbocycles. The molecule has 0 spiro atoms. The number of hydroxylamine groups is 2. The van der Waals surface area contributed by atoms with E-state index in [2.05, 4.69) is 5.18 Å². The zero-order valence-electron chi connectivity index (χ0n) is 16.1. The van der Waals surface area contributed by atoms with E-state index in [4.69, 9.17) is 20.9 Å². The van der Waals surface area contributed by atoms with Crippen LogP contribution in [0.5, 0.6) is 5.75 Å². The molecule has 2 amide bonds. The fraction of sp³-hybridized carbons (Fsp3) is 0.400. The number of halogens is 1. The smallest absolute Gasteiger partial charge is 0.342 e. The van der Waals surface area contributed by atoms with Crippen molar-refractivity contribution in [2.45, 2.75) is 44.1 Å². The average Bonchev–Trinajstić information content (AvgIpc) is 3.06. The van der Waals surface area contributed by atoms with Crippen molar-refractivity contribution in [3.05, 3.63) is 44.1 Å². The number of rotatable bonds is 4. The van der Waals surface area contributed by atoms with Crippen molar-refractivity contribution in [3.8, 4) is 5.75 Å². The Labute approximate surface area is 179 Å². The molecule has 0 atom stereocenters. The van der Waals surface area contributed by atoms with Crippen LogP contribution in [0, 0.1) is 10.8 Å². The number of phenols is 1. The minimum Gasteiger partial charge on any atom is -0.506 e. The van der Waals surface area contributed by atoms with Gasteiger partial charge in [0.05, 0.1) is 16.5 Å². The Morgan fingerprint density at radius 1 is 1.16 bits per heavy atom. The third-order valence-corrected chi connectivity index (χ3v) is 6.11. The number of hydrogen-bond acceptors (Lipinski definition) is 9. The normalized spacial score (nSPS) is 23.9. The molecule has 1 aromatic heterocycles. The predicted octanol–water partition coefficient (Wildman–Crippen LogP) is 2.91. The first kappa shape index (κ1) is 21.0. The van der Waals surface area contributed by atoms with E-state index in [1.807, 2.05) is 0 Å². The molecule has 2 fully saturated rings. The van der Waals surface area contributed by atoms with Gasteiger partial charge < -0.3 is 14.4 Å². The molecule has 1 saturated heterocycles. The SMILES string of the molecule is O=NC1(c2cc3cc(Cl)c(O)cc3oc2=O)CCC(C(=O)ON2C(=O)CCC2=O)CC1. The topological polar surface area (TPSA) is 144 Å². The summed E-state index contributed by atoms with van der Waals surface area (Å²) in [6, 6.07) is 4.07. The highest BCUT2D eigenvalue weighted by Crippen LogP contribution is 2.43. The van der Waals surface area contributed by atoms with Crippen LogP contribution in [0.15, 0.2) is 32.6 Å². The maximum Gasteiger partial charge on any atom is 0.342 e. The van der Waals surface area contributed by atoms with Crippen molar-refractivity contribution in [2.75, 3.05) is 0 Å². The maximum atomic E-state index is 12.6. The highest BCUT2D eigenvalue weighted by Gasteiger charge is 2.44. The van der Waals surface area contributed by atoms with E-state index < -0.39 is 34.9 Å². The van der Waals surface area contributed by atoms with Gasteiger partial charge in [-0.05, 0) is 37.8 Å². The molecule has 0 unspecified atom stereocenters. The quantitative estimate of drug-likeness (QED) is 0.427. The van der Waals surface area contributed by atoms with Crippen molar-refractivity contribution in [2.24, 2.45) is 11.1 Å². The number of imide groups is 1. The number of carbonyl (C=O) groups excluding carboxylic acids is 3. The Balaban J connectivity index is 1.55. The third kappa shape index (κ3) is 3.67. The first-order valence-corrected chi connectivity index (χ1v) is 10.0. The molecule has 1 saturated carbocycles. The molecule has 1 N–H and O–H groups in total. The number of amides is 2. The van der Waals surface area contributed by atoms with E-state index in [1.54, 1.807) is 0 Å². The number of phenolic OH excluding ortho intramolecular Hbond substituents is 1. The highest BCUT2D eigenvalue weighted by molar-refractivity contribution is 6.32. The van der Waals surface area contributed by atoms with Crippen molar-refractivity contribution in [1.82, 2.24) is 5.06 Å². The average molecular weight is 449 g/mol. The van der Waals surface area contributed by atoms with Gasteiger partial charge in [-0.15, -0.1) is 9.97 Å². The standard InChI is InChI=1S/C20H17ClN2O8/c21-13-8-11-7-12(19(28)30-15(11)9-14(13)24)20(22-29)5-3-10(4-6-20)18(27)31-23-16(25)1-2-17(23)26/h7-10,24H,1-6H2. The molecule has 0 bridgehead atoms. The van der Waals surface area contributed by atoms with Gasteiger partial charge >= 0.3 is 11.6 Å². The molecule has 2 heterocycles. The lowest BCUT2D eigenvalue weighted by Gasteiger charge is -2.33. The molecule has 31 heavy (non-hydrogen) atoms. The fourth-order valence-electron chi connectivity index (χ4n) is 4.02. The van der Waals surface area contributed by atoms with Crippen molar-refractivity contribution < 1.29 is 28.7 Å². The molecule has 2 aliphatic rings. The number of benzene rings is 1. The second-order valence-electron chi connectivity index (χ2n) is 7.68. The van der Waals surface area contributed by atoms with Crippen LogP contribution in [0.2, 0.25) is 5.02 Å². The van der Waals surface area contributed by atoms with Crippen molar-refractivity contribution in [3.63, 3.8) is 0 Å². The maximum absolute atomic E-state index is 12.6. The summed E-state index contributed by atoms with van der Waals surface area (Å²) in [7, 11) is 0. The van der Waals surface area contributed by atoms with Crippen LogP contribution in [0.1, 0.15) is 44.1 Å². The van der Waals surface area contributed by atoms with E-state index in [0.717, 1.165) is 0 Å². The lowest BCUT2D eigenvalue weighted by Crippen LogP contribution is -2.39. The van der Waals surface area contributed by atoms with Gasteiger partial charge in [0.25, 0.3) is 11.8 Å². The van der Waals surface area contributed by atoms with Crippen LogP contribution >= 0.6 is 11.6 Å². The monoisotopic (exact) mass is 448 g/mol. The Morgan fingerprint density at radius 3 is 2.42 bits per heavy atom. The third-order valence-electron chi connectivity index (χ3n) is 5.81. The van der Waals surface area contributed by atoms with Crippen LogP contribution in [-0.2, 0) is 24.8 Å². The first-order valence-electron chi connectivity index (χ1n) is 9.63. The van der Waals surface area contributed by atoms with Crippen molar-refractivity contribution in [1.29, 1.82) is 0 Å². The number of aromatic hydroxyl groups is 1. The number of nitrogens with zero attached hydrogens (tertiary/aromatic N) is 2. The van der Waals surface area contributed by atoms with Gasteiger partial charge in [0, 0.05) is 24.3 Å². The highest BCUT2D eigenvalue weighted by atomic mass is 35.5. The molecular weight excluding hydrogens is 432 g/mol. The molecule has 10 nitrogen and oxygen atoms in total. The fourth-order valence-corrected chi connectivity index (χ4v) is 4.19. The molecule has 1 aromatic carbocycles. The van der Waals surface area contributed by atoms with Gasteiger partial charge in [0.15, 0.2) is 0 Å². The Hall–Kier alpha value is -3.27. The lowest BCUT2D eigenvalue weighted by atomic mass is 9.73. The predicted molar refractivity (Wildman–Crippen MR) is 106 cm³/mol. The summed E-state index contributed by atoms with van der Waals surface area (Å²) in [6.07, 6.45) is 0.451.